The highest BCUT2D eigenvalue weighted by Crippen LogP contribution is 2.34. The van der Waals surface area contributed by atoms with Gasteiger partial charge in [0.25, 0.3) is 5.79 Å². The van der Waals surface area contributed by atoms with E-state index >= 15 is 0 Å². The van der Waals surface area contributed by atoms with Crippen LogP contribution in [0.3, 0.4) is 0 Å². The summed E-state index contributed by atoms with van der Waals surface area (Å²) in [7, 11) is 0. The number of ketones is 1. The van der Waals surface area contributed by atoms with E-state index in [-0.39, 0.29) is 30.0 Å². The van der Waals surface area contributed by atoms with Gasteiger partial charge in [0.05, 0.1) is 0 Å². The minimum absolute atomic E-state index is 0.0148. The van der Waals surface area contributed by atoms with E-state index < -0.39 is 11.8 Å². The van der Waals surface area contributed by atoms with Gasteiger partial charge in [0, 0.05) is 24.7 Å². The third-order valence-corrected chi connectivity index (χ3v) is 5.48. The molecule has 27 heavy (non-hydrogen) atoms. The molecule has 154 valence electrons. The third-order valence-electron chi connectivity index (χ3n) is 5.48. The van der Waals surface area contributed by atoms with E-state index in [1.807, 2.05) is 6.08 Å². The van der Waals surface area contributed by atoms with Crippen molar-refractivity contribution in [1.29, 1.82) is 0 Å². The van der Waals surface area contributed by atoms with Gasteiger partial charge in [0.15, 0.2) is 0 Å². The summed E-state index contributed by atoms with van der Waals surface area (Å²) in [6.45, 7) is 2.11. The Hall–Kier alpha value is -1.53. The van der Waals surface area contributed by atoms with E-state index in [1.54, 1.807) is 0 Å². The maximum Gasteiger partial charge on any atom is 0.364 e. The summed E-state index contributed by atoms with van der Waals surface area (Å²) >= 11 is 0. The summed E-state index contributed by atoms with van der Waals surface area (Å²) < 4.78 is 0. The van der Waals surface area contributed by atoms with Crippen LogP contribution in [0.2, 0.25) is 0 Å². The first-order chi connectivity index (χ1) is 12.8. The molecule has 0 unspecified atom stereocenters. The van der Waals surface area contributed by atoms with Crippen molar-refractivity contribution < 1.29 is 29.7 Å². The van der Waals surface area contributed by atoms with E-state index in [4.69, 9.17) is 5.11 Å². The number of aliphatic hydroxyl groups is 2. The Morgan fingerprint density at radius 2 is 2.00 bits per heavy atom. The maximum absolute atomic E-state index is 12.1. The highest BCUT2D eigenvalue weighted by Gasteiger charge is 2.33. The molecule has 6 heteroatoms. The Labute approximate surface area is 161 Å². The van der Waals surface area contributed by atoms with Crippen molar-refractivity contribution in [2.24, 2.45) is 17.8 Å². The predicted octanol–water partition coefficient (Wildman–Crippen LogP) is 3.25. The monoisotopic (exact) mass is 382 g/mol. The van der Waals surface area contributed by atoms with Crippen LogP contribution in [0.5, 0.6) is 0 Å². The second kappa shape index (κ2) is 12.0. The molecule has 0 aliphatic heterocycles. The van der Waals surface area contributed by atoms with E-state index in [9.17, 15) is 24.6 Å². The van der Waals surface area contributed by atoms with Crippen LogP contribution in [0.4, 0.5) is 0 Å². The van der Waals surface area contributed by atoms with Crippen LogP contribution >= 0.6 is 0 Å². The van der Waals surface area contributed by atoms with Crippen LogP contribution in [0.1, 0.15) is 77.6 Å². The molecule has 0 spiro atoms. The minimum atomic E-state index is -2.67. The van der Waals surface area contributed by atoms with Crippen LogP contribution < -0.4 is 0 Å². The van der Waals surface area contributed by atoms with Gasteiger partial charge >= 0.3 is 5.97 Å². The average molecular weight is 382 g/mol. The molecule has 1 aliphatic carbocycles. The molecule has 0 radical (unpaired) electrons. The molecule has 1 rings (SSSR count). The molecule has 0 saturated heterocycles. The van der Waals surface area contributed by atoms with Gasteiger partial charge in [-0.25, -0.2) is 4.79 Å². The molecule has 6 nitrogen and oxygen atoms in total. The first kappa shape index (κ1) is 23.5. The Balaban J connectivity index is 2.38. The highest BCUT2D eigenvalue weighted by atomic mass is 16.5. The number of aliphatic carboxylic acids is 1. The van der Waals surface area contributed by atoms with Gasteiger partial charge in [0.2, 0.25) is 0 Å². The Morgan fingerprint density at radius 3 is 2.63 bits per heavy atom. The van der Waals surface area contributed by atoms with E-state index in [1.165, 1.54) is 0 Å². The fourth-order valence-corrected chi connectivity index (χ4v) is 3.70. The predicted molar refractivity (Wildman–Crippen MR) is 102 cm³/mol. The molecule has 0 aromatic carbocycles. The SMILES string of the molecule is CCCC[C@@H](C=O)CC=C[C@H]1CCC(=O)[C@@H]1CCCCCC(O)(O)C(=O)O. The second-order valence-corrected chi connectivity index (χ2v) is 7.70. The lowest BCUT2D eigenvalue weighted by molar-refractivity contribution is -0.205. The molecule has 3 atom stereocenters. The zero-order valence-corrected chi connectivity index (χ0v) is 16.3. The summed E-state index contributed by atoms with van der Waals surface area (Å²) in [6, 6.07) is 0. The van der Waals surface area contributed by atoms with Crippen molar-refractivity contribution in [2.75, 3.05) is 0 Å². The number of hydrogen-bond donors (Lipinski definition) is 3. The fraction of sp³-hybridized carbons (Fsp3) is 0.762. The summed E-state index contributed by atoms with van der Waals surface area (Å²) in [5.41, 5.74) is 0. The summed E-state index contributed by atoms with van der Waals surface area (Å²) in [5, 5.41) is 27.2. The number of allylic oxidation sites excluding steroid dienone is 2. The van der Waals surface area contributed by atoms with E-state index in [0.29, 0.717) is 19.3 Å². The lowest BCUT2D eigenvalue weighted by atomic mass is 9.88. The van der Waals surface area contributed by atoms with Gasteiger partial charge in [-0.05, 0) is 38.0 Å². The first-order valence-corrected chi connectivity index (χ1v) is 10.1. The standard InChI is InChI=1S/C21H34O6/c1-2-3-8-16(15-22)9-7-10-17-12-13-19(23)18(17)11-5-4-6-14-21(26,27)20(24)25/h7,10,15-18,26-27H,2-6,8-9,11-14H2,1H3,(H,24,25)/t16-,17+,18-/m1/s1. The molecular weight excluding hydrogens is 348 g/mol. The van der Waals surface area contributed by atoms with Crippen LogP contribution in [-0.4, -0.2) is 39.1 Å². The number of unbranched alkanes of at least 4 members (excludes halogenated alkanes) is 3. The number of hydrogen-bond acceptors (Lipinski definition) is 5. The Bertz CT molecular complexity index is 511. The number of carboxylic acids is 1. The molecule has 1 saturated carbocycles. The number of carbonyl (C=O) groups excluding carboxylic acids is 2. The average Bonchev–Trinajstić information content (AvgIpc) is 2.97. The largest absolute Gasteiger partial charge is 0.477 e. The van der Waals surface area contributed by atoms with Gasteiger partial charge < -0.3 is 20.1 Å². The second-order valence-electron chi connectivity index (χ2n) is 7.70. The molecule has 0 heterocycles. The van der Waals surface area contributed by atoms with Crippen LogP contribution in [-0.2, 0) is 14.4 Å². The van der Waals surface area contributed by atoms with Gasteiger partial charge in [-0.3, -0.25) is 4.79 Å². The third kappa shape index (κ3) is 8.35. The topological polar surface area (TPSA) is 112 Å². The summed E-state index contributed by atoms with van der Waals surface area (Å²) in [5.74, 6) is -3.77. The van der Waals surface area contributed by atoms with Crippen molar-refractivity contribution in [3.63, 3.8) is 0 Å². The normalized spacial score (nSPS) is 21.7. The molecule has 0 aromatic heterocycles. The first-order valence-electron chi connectivity index (χ1n) is 10.1. The van der Waals surface area contributed by atoms with E-state index in [2.05, 4.69) is 13.0 Å². The van der Waals surface area contributed by atoms with Crippen LogP contribution in [0, 0.1) is 17.8 Å². The van der Waals surface area contributed by atoms with Crippen LogP contribution in [0.15, 0.2) is 12.2 Å². The minimum Gasteiger partial charge on any atom is -0.477 e. The Morgan fingerprint density at radius 1 is 1.26 bits per heavy atom. The molecule has 0 aromatic rings. The molecule has 0 amide bonds. The molecule has 1 fully saturated rings. The number of carboxylic acid groups (broad SMARTS) is 1. The smallest absolute Gasteiger partial charge is 0.364 e. The fourth-order valence-electron chi connectivity index (χ4n) is 3.70. The lowest BCUT2D eigenvalue weighted by Crippen LogP contribution is -2.37. The molecule has 3 N–H and O–H groups in total. The zero-order chi connectivity index (χ0) is 20.3. The van der Waals surface area contributed by atoms with Crippen molar-refractivity contribution >= 4 is 18.0 Å². The quantitative estimate of drug-likeness (QED) is 0.184. The van der Waals surface area contributed by atoms with Crippen LogP contribution in [0.25, 0.3) is 0 Å². The van der Waals surface area contributed by atoms with Gasteiger partial charge in [-0.15, -0.1) is 0 Å². The maximum atomic E-state index is 12.1. The highest BCUT2D eigenvalue weighted by molar-refractivity contribution is 5.83. The van der Waals surface area contributed by atoms with Crippen molar-refractivity contribution in [1.82, 2.24) is 0 Å². The van der Waals surface area contributed by atoms with Gasteiger partial charge in [0.1, 0.15) is 12.1 Å². The van der Waals surface area contributed by atoms with E-state index in [0.717, 1.165) is 51.2 Å². The Kier molecular flexibility index (Phi) is 10.5. The lowest BCUT2D eigenvalue weighted by Gasteiger charge is -2.17. The number of aldehydes is 1. The van der Waals surface area contributed by atoms with Crippen molar-refractivity contribution in [3.8, 4) is 0 Å². The number of carbonyl (C=O) groups is 3. The van der Waals surface area contributed by atoms with Gasteiger partial charge in [-0.1, -0.05) is 44.8 Å². The van der Waals surface area contributed by atoms with Gasteiger partial charge in [-0.2, -0.15) is 0 Å². The van der Waals surface area contributed by atoms with Crippen molar-refractivity contribution in [3.05, 3.63) is 12.2 Å². The molecular formula is C21H34O6. The zero-order valence-electron chi connectivity index (χ0n) is 16.3. The summed E-state index contributed by atoms with van der Waals surface area (Å²) in [4.78, 5) is 33.9. The number of Topliss-reactive ketones (excluding diaryl/α,β-unsaturated/α-hetero) is 1. The van der Waals surface area contributed by atoms with Crippen molar-refractivity contribution in [2.45, 2.75) is 83.3 Å². The summed E-state index contributed by atoms with van der Waals surface area (Å²) in [6.07, 6.45) is 12.7. The molecule has 0 bridgehead atoms. The number of rotatable bonds is 14. The molecule has 1 aliphatic rings.